The van der Waals surface area contributed by atoms with Gasteiger partial charge in [-0.2, -0.15) is 0 Å². The maximum absolute atomic E-state index is 13.4. The Balaban J connectivity index is 2.83. The number of hydrogen-bond acceptors (Lipinski definition) is 5. The first kappa shape index (κ1) is 14.6. The second-order valence-electron chi connectivity index (χ2n) is 3.56. The molecule has 0 atom stereocenters. The maximum Gasteiger partial charge on any atom is 0.303 e. The van der Waals surface area contributed by atoms with E-state index in [1.54, 1.807) is 0 Å². The standard InChI is InChI=1S/C11H10FNO6/c12-8-4-7(6-14)9(13(17)18)5-10(8)19-3-1-2-11(15)16/h4-6H,1-3H2,(H,15,16). The first-order valence-corrected chi connectivity index (χ1v) is 5.23. The summed E-state index contributed by atoms with van der Waals surface area (Å²) in [5.41, 5.74) is -0.954. The van der Waals surface area contributed by atoms with Crippen LogP contribution in [0.5, 0.6) is 5.75 Å². The molecule has 0 fully saturated rings. The molecule has 0 aliphatic heterocycles. The van der Waals surface area contributed by atoms with Gasteiger partial charge in [0.05, 0.1) is 23.2 Å². The van der Waals surface area contributed by atoms with Gasteiger partial charge in [-0.3, -0.25) is 19.7 Å². The van der Waals surface area contributed by atoms with E-state index in [1.807, 2.05) is 0 Å². The Hall–Kier alpha value is -2.51. The van der Waals surface area contributed by atoms with E-state index in [-0.39, 0.29) is 37.0 Å². The molecule has 0 aromatic heterocycles. The molecule has 7 nitrogen and oxygen atoms in total. The Labute approximate surface area is 106 Å². The van der Waals surface area contributed by atoms with Gasteiger partial charge in [0.2, 0.25) is 0 Å². The van der Waals surface area contributed by atoms with Crippen LogP contribution in [0.4, 0.5) is 10.1 Å². The molecule has 102 valence electrons. The largest absolute Gasteiger partial charge is 0.490 e. The van der Waals surface area contributed by atoms with Gasteiger partial charge in [0.15, 0.2) is 17.9 Å². The van der Waals surface area contributed by atoms with Gasteiger partial charge in [0.1, 0.15) is 0 Å². The van der Waals surface area contributed by atoms with E-state index in [1.165, 1.54) is 0 Å². The Kier molecular flexibility index (Phi) is 4.92. The molecule has 0 bridgehead atoms. The molecule has 1 N–H and O–H groups in total. The van der Waals surface area contributed by atoms with Gasteiger partial charge in [-0.15, -0.1) is 0 Å². The van der Waals surface area contributed by atoms with Crippen molar-refractivity contribution in [1.82, 2.24) is 0 Å². The van der Waals surface area contributed by atoms with Crippen LogP contribution in [0.2, 0.25) is 0 Å². The number of nitrogens with zero attached hydrogens (tertiary/aromatic N) is 1. The second kappa shape index (κ2) is 6.43. The molecule has 0 heterocycles. The third kappa shape index (κ3) is 4.02. The highest BCUT2D eigenvalue weighted by Gasteiger charge is 2.18. The molecule has 8 heteroatoms. The van der Waals surface area contributed by atoms with Crippen molar-refractivity contribution in [3.8, 4) is 5.75 Å². The van der Waals surface area contributed by atoms with Gasteiger partial charge in [-0.1, -0.05) is 0 Å². The maximum atomic E-state index is 13.4. The average Bonchev–Trinajstić information content (AvgIpc) is 2.34. The summed E-state index contributed by atoms with van der Waals surface area (Å²) in [5.74, 6) is -2.32. The molecule has 0 unspecified atom stereocenters. The summed E-state index contributed by atoms with van der Waals surface area (Å²) in [6, 6.07) is 1.51. The van der Waals surface area contributed by atoms with Crippen molar-refractivity contribution >= 4 is 17.9 Å². The fourth-order valence-electron chi connectivity index (χ4n) is 1.33. The first-order valence-electron chi connectivity index (χ1n) is 5.23. The van der Waals surface area contributed by atoms with E-state index in [2.05, 4.69) is 0 Å². The van der Waals surface area contributed by atoms with Crippen LogP contribution < -0.4 is 4.74 Å². The zero-order valence-corrected chi connectivity index (χ0v) is 9.67. The van der Waals surface area contributed by atoms with Crippen LogP contribution in [-0.2, 0) is 4.79 Å². The number of aliphatic carboxylic acids is 1. The third-order valence-corrected chi connectivity index (χ3v) is 2.20. The van der Waals surface area contributed by atoms with E-state index in [0.717, 1.165) is 6.07 Å². The molecule has 0 saturated carbocycles. The van der Waals surface area contributed by atoms with Crippen LogP contribution >= 0.6 is 0 Å². The monoisotopic (exact) mass is 271 g/mol. The lowest BCUT2D eigenvalue weighted by Gasteiger charge is -2.07. The molecule has 1 rings (SSSR count). The van der Waals surface area contributed by atoms with Crippen LogP contribution in [0.25, 0.3) is 0 Å². The van der Waals surface area contributed by atoms with Gasteiger partial charge in [-0.05, 0) is 12.5 Å². The van der Waals surface area contributed by atoms with E-state index in [0.29, 0.717) is 6.07 Å². The minimum absolute atomic E-state index is 0.0964. The summed E-state index contributed by atoms with van der Waals surface area (Å²) in [6.45, 7) is -0.0964. The number of benzene rings is 1. The Morgan fingerprint density at radius 1 is 1.53 bits per heavy atom. The molecule has 0 aliphatic rings. The van der Waals surface area contributed by atoms with Gasteiger partial charge < -0.3 is 9.84 Å². The average molecular weight is 271 g/mol. The number of halogens is 1. The smallest absolute Gasteiger partial charge is 0.303 e. The zero-order valence-electron chi connectivity index (χ0n) is 9.67. The molecule has 1 aromatic carbocycles. The highest BCUT2D eigenvalue weighted by Crippen LogP contribution is 2.27. The fourth-order valence-corrected chi connectivity index (χ4v) is 1.33. The summed E-state index contributed by atoms with van der Waals surface area (Å²) in [6.07, 6.45) is 0.156. The summed E-state index contributed by atoms with van der Waals surface area (Å²) >= 11 is 0. The number of carboxylic acid groups (broad SMARTS) is 1. The molecule has 0 amide bonds. The third-order valence-electron chi connectivity index (χ3n) is 2.20. The first-order chi connectivity index (χ1) is 8.95. The number of rotatable bonds is 7. The van der Waals surface area contributed by atoms with E-state index in [4.69, 9.17) is 9.84 Å². The SMILES string of the molecule is O=Cc1cc(F)c(OCCCC(=O)O)cc1[N+](=O)[O-]. The number of carbonyl (C=O) groups excluding carboxylic acids is 1. The lowest BCUT2D eigenvalue weighted by atomic mass is 10.2. The molecule has 1 aromatic rings. The van der Waals surface area contributed by atoms with Gasteiger partial charge in [0.25, 0.3) is 5.69 Å². The predicted molar refractivity (Wildman–Crippen MR) is 60.8 cm³/mol. The van der Waals surface area contributed by atoms with Crippen molar-refractivity contribution in [3.05, 3.63) is 33.6 Å². The molecule has 0 aliphatic carbocycles. The molecule has 0 radical (unpaired) electrons. The van der Waals surface area contributed by atoms with Crippen LogP contribution in [0.1, 0.15) is 23.2 Å². The minimum atomic E-state index is -1.02. The Morgan fingerprint density at radius 2 is 2.21 bits per heavy atom. The topological polar surface area (TPSA) is 107 Å². The van der Waals surface area contributed by atoms with Crippen molar-refractivity contribution in [2.45, 2.75) is 12.8 Å². The normalized spacial score (nSPS) is 9.95. The number of ether oxygens (including phenoxy) is 1. The van der Waals surface area contributed by atoms with Crippen molar-refractivity contribution in [2.75, 3.05) is 6.61 Å². The van der Waals surface area contributed by atoms with Crippen molar-refractivity contribution in [2.24, 2.45) is 0 Å². The predicted octanol–water partition coefficient (Wildman–Crippen LogP) is 1.79. The number of carboxylic acids is 1. The van der Waals surface area contributed by atoms with Crippen LogP contribution in [0.3, 0.4) is 0 Å². The quantitative estimate of drug-likeness (QED) is 0.350. The van der Waals surface area contributed by atoms with Crippen molar-refractivity contribution < 1.29 is 28.7 Å². The number of nitro benzene ring substituents is 1. The van der Waals surface area contributed by atoms with Gasteiger partial charge >= 0.3 is 5.97 Å². The fraction of sp³-hybridized carbons (Fsp3) is 0.273. The number of carbonyl (C=O) groups is 2. The van der Waals surface area contributed by atoms with E-state index in [9.17, 15) is 24.1 Å². The summed E-state index contributed by atoms with van der Waals surface area (Å²) in [5, 5.41) is 19.0. The lowest BCUT2D eigenvalue weighted by molar-refractivity contribution is -0.385. The second-order valence-corrected chi connectivity index (χ2v) is 3.56. The highest BCUT2D eigenvalue weighted by molar-refractivity contribution is 5.82. The minimum Gasteiger partial charge on any atom is -0.490 e. The molecular formula is C11H10FNO6. The Bertz CT molecular complexity index is 516. The summed E-state index contributed by atoms with van der Waals surface area (Å²) in [4.78, 5) is 30.6. The molecule has 19 heavy (non-hydrogen) atoms. The summed E-state index contributed by atoms with van der Waals surface area (Å²) < 4.78 is 18.4. The molecular weight excluding hydrogens is 261 g/mol. The number of aldehydes is 1. The van der Waals surface area contributed by atoms with Crippen LogP contribution in [0.15, 0.2) is 12.1 Å². The van der Waals surface area contributed by atoms with E-state index >= 15 is 0 Å². The number of hydrogen-bond donors (Lipinski definition) is 1. The molecule has 0 saturated heterocycles. The van der Waals surface area contributed by atoms with Crippen LogP contribution in [0, 0.1) is 15.9 Å². The van der Waals surface area contributed by atoms with E-state index < -0.39 is 22.4 Å². The number of nitro groups is 1. The molecule has 0 spiro atoms. The van der Waals surface area contributed by atoms with Crippen molar-refractivity contribution in [3.63, 3.8) is 0 Å². The lowest BCUT2D eigenvalue weighted by Crippen LogP contribution is -2.04. The van der Waals surface area contributed by atoms with Gasteiger partial charge in [0, 0.05) is 6.42 Å². The Morgan fingerprint density at radius 3 is 2.74 bits per heavy atom. The zero-order chi connectivity index (χ0) is 14.4. The van der Waals surface area contributed by atoms with Crippen LogP contribution in [-0.4, -0.2) is 28.9 Å². The summed E-state index contributed by atoms with van der Waals surface area (Å²) in [7, 11) is 0. The van der Waals surface area contributed by atoms with Gasteiger partial charge in [-0.25, -0.2) is 4.39 Å². The highest BCUT2D eigenvalue weighted by atomic mass is 19.1. The van der Waals surface area contributed by atoms with Crippen molar-refractivity contribution in [1.29, 1.82) is 0 Å².